The first-order valence-electron chi connectivity index (χ1n) is 11.7. The molecule has 34 heavy (non-hydrogen) atoms. The summed E-state index contributed by atoms with van der Waals surface area (Å²) in [5.74, 6) is 0. The molecule has 5 nitrogen and oxygen atoms in total. The van der Waals surface area contributed by atoms with Crippen molar-refractivity contribution in [2.45, 2.75) is 6.54 Å². The molecule has 6 heteroatoms. The van der Waals surface area contributed by atoms with E-state index in [0.717, 1.165) is 60.5 Å². The van der Waals surface area contributed by atoms with Gasteiger partial charge in [-0.3, -0.25) is 9.88 Å². The lowest BCUT2D eigenvalue weighted by molar-refractivity contribution is 0.148. The molecule has 170 valence electrons. The second-order valence-corrected chi connectivity index (χ2v) is 9.91. The van der Waals surface area contributed by atoms with E-state index in [4.69, 9.17) is 0 Å². The van der Waals surface area contributed by atoms with Crippen LogP contribution in [0.2, 0.25) is 0 Å². The van der Waals surface area contributed by atoms with Crippen LogP contribution in [0.4, 0.5) is 11.4 Å². The molecule has 1 N–H and O–H groups in total. The summed E-state index contributed by atoms with van der Waals surface area (Å²) < 4.78 is 1.20. The van der Waals surface area contributed by atoms with Gasteiger partial charge in [0.05, 0.1) is 21.2 Å². The van der Waals surface area contributed by atoms with Crippen LogP contribution in [0.3, 0.4) is 0 Å². The maximum absolute atomic E-state index is 4.65. The van der Waals surface area contributed by atoms with Gasteiger partial charge >= 0.3 is 0 Å². The Morgan fingerprint density at radius 1 is 0.824 bits per heavy atom. The van der Waals surface area contributed by atoms with Crippen LogP contribution in [0.25, 0.3) is 32.2 Å². The third-order valence-electron chi connectivity index (χ3n) is 6.64. The summed E-state index contributed by atoms with van der Waals surface area (Å²) in [6.07, 6.45) is 1.87. The number of hydrogen-bond donors (Lipinski definition) is 1. The minimum atomic E-state index is 0.985. The van der Waals surface area contributed by atoms with Gasteiger partial charge in [0.25, 0.3) is 0 Å². The fraction of sp³-hybridized carbons (Fsp3) is 0.214. The molecular weight excluding hydrogens is 438 g/mol. The Balaban J connectivity index is 1.22. The number of hydrogen-bond acceptors (Lipinski definition) is 6. The standard InChI is InChI=1S/C28H27N5S/c1-32-12-14-33(15-13-32)18-20-2-4-21(5-3-20)22-6-8-24-25(10-11-29-26(24)16-22)31-23-7-9-28-27(17-23)30-19-34-28/h2-11,16-17,19H,12-15,18H2,1H3,(H,29,31). The van der Waals surface area contributed by atoms with Crippen molar-refractivity contribution in [1.82, 2.24) is 19.8 Å². The summed E-state index contributed by atoms with van der Waals surface area (Å²) in [5, 5.41) is 4.66. The Morgan fingerprint density at radius 3 is 2.50 bits per heavy atom. The number of aromatic nitrogens is 2. The van der Waals surface area contributed by atoms with E-state index in [2.05, 4.69) is 92.8 Å². The van der Waals surface area contributed by atoms with Crippen LogP contribution < -0.4 is 5.32 Å². The van der Waals surface area contributed by atoms with E-state index in [1.165, 1.54) is 21.4 Å². The van der Waals surface area contributed by atoms with Crippen molar-refractivity contribution >= 4 is 43.8 Å². The first-order valence-corrected chi connectivity index (χ1v) is 12.6. The van der Waals surface area contributed by atoms with E-state index >= 15 is 0 Å². The van der Waals surface area contributed by atoms with E-state index in [0.29, 0.717) is 0 Å². The number of pyridine rings is 1. The molecule has 0 amide bonds. The van der Waals surface area contributed by atoms with Gasteiger partial charge in [-0.05, 0) is 54.1 Å². The number of fused-ring (bicyclic) bond motifs is 2. The Hall–Kier alpha value is -3.32. The zero-order valence-corrected chi connectivity index (χ0v) is 20.1. The molecule has 3 heterocycles. The number of piperazine rings is 1. The molecule has 1 fully saturated rings. The van der Waals surface area contributed by atoms with Crippen LogP contribution in [-0.2, 0) is 6.54 Å². The lowest BCUT2D eigenvalue weighted by atomic mass is 10.0. The van der Waals surface area contributed by atoms with Gasteiger partial charge in [-0.25, -0.2) is 4.98 Å². The lowest BCUT2D eigenvalue weighted by Crippen LogP contribution is -2.43. The van der Waals surface area contributed by atoms with Gasteiger partial charge < -0.3 is 10.2 Å². The number of nitrogens with one attached hydrogen (secondary N) is 1. The highest BCUT2D eigenvalue weighted by atomic mass is 32.1. The van der Waals surface area contributed by atoms with Crippen LogP contribution in [0.15, 0.2) is 78.4 Å². The van der Waals surface area contributed by atoms with E-state index in [1.54, 1.807) is 11.3 Å². The number of likely N-dealkylation sites (N-methyl/N-ethyl adjacent to an activating group) is 1. The van der Waals surface area contributed by atoms with Crippen LogP contribution in [0.1, 0.15) is 5.56 Å². The number of thiazole rings is 1. The smallest absolute Gasteiger partial charge is 0.0832 e. The van der Waals surface area contributed by atoms with Crippen molar-refractivity contribution in [3.63, 3.8) is 0 Å². The van der Waals surface area contributed by atoms with Crippen LogP contribution in [-0.4, -0.2) is 53.0 Å². The van der Waals surface area contributed by atoms with E-state index < -0.39 is 0 Å². The quantitative estimate of drug-likeness (QED) is 0.345. The highest BCUT2D eigenvalue weighted by molar-refractivity contribution is 7.16. The molecule has 0 saturated carbocycles. The fourth-order valence-corrected chi connectivity index (χ4v) is 5.25. The molecule has 0 unspecified atom stereocenters. The second kappa shape index (κ2) is 9.14. The minimum Gasteiger partial charge on any atom is -0.355 e. The van der Waals surface area contributed by atoms with Crippen molar-refractivity contribution in [1.29, 1.82) is 0 Å². The molecule has 1 saturated heterocycles. The predicted molar refractivity (Wildman–Crippen MR) is 143 cm³/mol. The van der Waals surface area contributed by atoms with Gasteiger partial charge in [0.15, 0.2) is 0 Å². The van der Waals surface area contributed by atoms with Crippen LogP contribution in [0, 0.1) is 0 Å². The molecular formula is C28H27N5S. The summed E-state index contributed by atoms with van der Waals surface area (Å²) in [4.78, 5) is 14.0. The highest BCUT2D eigenvalue weighted by Gasteiger charge is 2.14. The number of rotatable bonds is 5. The number of anilines is 2. The molecule has 0 bridgehead atoms. The third-order valence-corrected chi connectivity index (χ3v) is 7.45. The summed E-state index contributed by atoms with van der Waals surface area (Å²) in [7, 11) is 2.20. The Morgan fingerprint density at radius 2 is 1.65 bits per heavy atom. The molecule has 0 atom stereocenters. The zero-order chi connectivity index (χ0) is 22.9. The number of benzene rings is 3. The van der Waals surface area contributed by atoms with Crippen molar-refractivity contribution in [3.05, 3.63) is 84.0 Å². The van der Waals surface area contributed by atoms with Gasteiger partial charge in [-0.2, -0.15) is 0 Å². The van der Waals surface area contributed by atoms with E-state index in [9.17, 15) is 0 Å². The maximum Gasteiger partial charge on any atom is 0.0832 e. The zero-order valence-electron chi connectivity index (χ0n) is 19.2. The summed E-state index contributed by atoms with van der Waals surface area (Å²) in [6.45, 7) is 5.61. The average molecular weight is 466 g/mol. The lowest BCUT2D eigenvalue weighted by Gasteiger charge is -2.32. The van der Waals surface area contributed by atoms with Crippen molar-refractivity contribution < 1.29 is 0 Å². The van der Waals surface area contributed by atoms with Gasteiger partial charge in [-0.1, -0.05) is 36.4 Å². The van der Waals surface area contributed by atoms with Gasteiger partial charge in [-0.15, -0.1) is 11.3 Å². The monoisotopic (exact) mass is 465 g/mol. The molecule has 1 aliphatic heterocycles. The highest BCUT2D eigenvalue weighted by Crippen LogP contribution is 2.31. The first-order chi connectivity index (χ1) is 16.7. The molecule has 6 rings (SSSR count). The third kappa shape index (κ3) is 4.40. The predicted octanol–water partition coefficient (Wildman–Crippen LogP) is 6.00. The average Bonchev–Trinajstić information content (AvgIpc) is 3.34. The molecule has 0 aliphatic carbocycles. The summed E-state index contributed by atoms with van der Waals surface area (Å²) >= 11 is 1.66. The Kier molecular flexibility index (Phi) is 5.71. The maximum atomic E-state index is 4.65. The minimum absolute atomic E-state index is 0.985. The largest absolute Gasteiger partial charge is 0.355 e. The van der Waals surface area contributed by atoms with Crippen molar-refractivity contribution in [2.24, 2.45) is 0 Å². The van der Waals surface area contributed by atoms with Gasteiger partial charge in [0.1, 0.15) is 0 Å². The van der Waals surface area contributed by atoms with Crippen molar-refractivity contribution in [3.8, 4) is 11.1 Å². The summed E-state index contributed by atoms with van der Waals surface area (Å²) in [5.41, 5.74) is 9.75. The molecule has 0 spiro atoms. The summed E-state index contributed by atoms with van der Waals surface area (Å²) in [6, 6.07) is 23.9. The van der Waals surface area contributed by atoms with Crippen LogP contribution >= 0.6 is 11.3 Å². The van der Waals surface area contributed by atoms with Gasteiger partial charge in [0, 0.05) is 55.7 Å². The second-order valence-electron chi connectivity index (χ2n) is 9.03. The topological polar surface area (TPSA) is 44.3 Å². The van der Waals surface area contributed by atoms with Crippen LogP contribution in [0.5, 0.6) is 0 Å². The molecule has 2 aromatic heterocycles. The number of nitrogens with zero attached hydrogens (tertiary/aromatic N) is 4. The molecule has 0 radical (unpaired) electrons. The Bertz CT molecular complexity index is 1430. The molecule has 3 aromatic carbocycles. The molecule has 1 aliphatic rings. The normalized spacial score (nSPS) is 15.2. The van der Waals surface area contributed by atoms with E-state index in [1.807, 2.05) is 17.8 Å². The van der Waals surface area contributed by atoms with Crippen molar-refractivity contribution in [2.75, 3.05) is 38.5 Å². The molecule has 5 aromatic rings. The first kappa shape index (κ1) is 21.2. The SMILES string of the molecule is CN1CCN(Cc2ccc(-c3ccc4c(Nc5ccc6scnc6c5)ccnc4c3)cc2)CC1. The fourth-order valence-electron chi connectivity index (χ4n) is 4.59. The Labute approximate surface area is 203 Å². The van der Waals surface area contributed by atoms with E-state index in [-0.39, 0.29) is 0 Å². The van der Waals surface area contributed by atoms with Gasteiger partial charge in [0.2, 0.25) is 0 Å².